The van der Waals surface area contributed by atoms with Crippen LogP contribution in [0, 0.1) is 13.8 Å². The predicted molar refractivity (Wildman–Crippen MR) is 77.1 cm³/mol. The minimum atomic E-state index is 0.171. The van der Waals surface area contributed by atoms with Crippen LogP contribution in [0.25, 0.3) is 0 Å². The fourth-order valence-corrected chi connectivity index (χ4v) is 1.49. The largest absolute Gasteiger partial charge is 0.369 e. The lowest BCUT2D eigenvalue weighted by atomic mass is 10.1. The molecule has 0 fully saturated rings. The zero-order valence-corrected chi connectivity index (χ0v) is 11.4. The summed E-state index contributed by atoms with van der Waals surface area (Å²) in [6.07, 6.45) is 0. The summed E-state index contributed by atoms with van der Waals surface area (Å²) >= 11 is 0. The molecule has 0 bridgehead atoms. The van der Waals surface area contributed by atoms with Gasteiger partial charge in [-0.25, -0.2) is 4.99 Å². The van der Waals surface area contributed by atoms with Crippen LogP contribution in [0.4, 0.5) is 5.69 Å². The molecule has 0 unspecified atom stereocenters. The summed E-state index contributed by atoms with van der Waals surface area (Å²) in [6, 6.07) is 5.97. The minimum absolute atomic E-state index is 0.171. The summed E-state index contributed by atoms with van der Waals surface area (Å²) in [4.78, 5) is 10.2. The molecule has 4 N–H and O–H groups in total. The molecular weight excluding hydrogens is 226 g/mol. The molecule has 18 heavy (non-hydrogen) atoms. The van der Waals surface area contributed by atoms with Crippen molar-refractivity contribution in [2.24, 2.45) is 21.5 Å². The third kappa shape index (κ3) is 3.48. The second-order valence-corrected chi connectivity index (χ2v) is 4.19. The number of benzene rings is 1. The fraction of sp³-hybridized carbons (Fsp3) is 0.385. The van der Waals surface area contributed by atoms with Gasteiger partial charge < -0.3 is 16.4 Å². The summed E-state index contributed by atoms with van der Waals surface area (Å²) in [6.45, 7) is 6.74. The van der Waals surface area contributed by atoms with Crippen LogP contribution >= 0.6 is 0 Å². The van der Waals surface area contributed by atoms with E-state index in [4.69, 9.17) is 11.5 Å². The van der Waals surface area contributed by atoms with Gasteiger partial charge in [0.1, 0.15) is 0 Å². The Balaban J connectivity index is 3.03. The SMILES string of the molecule is CCN(C)C(N)=NC(N)=Nc1c(C)cccc1C. The average molecular weight is 247 g/mol. The van der Waals surface area contributed by atoms with Crippen molar-refractivity contribution in [2.45, 2.75) is 20.8 Å². The van der Waals surface area contributed by atoms with E-state index in [1.54, 1.807) is 4.90 Å². The molecule has 0 heterocycles. The van der Waals surface area contributed by atoms with Gasteiger partial charge in [0, 0.05) is 13.6 Å². The maximum absolute atomic E-state index is 5.79. The molecule has 0 saturated heterocycles. The third-order valence-corrected chi connectivity index (χ3v) is 2.76. The Morgan fingerprint density at radius 2 is 1.78 bits per heavy atom. The van der Waals surface area contributed by atoms with Crippen molar-refractivity contribution < 1.29 is 0 Å². The highest BCUT2D eigenvalue weighted by molar-refractivity contribution is 5.94. The molecule has 0 spiro atoms. The normalized spacial score (nSPS) is 12.7. The average Bonchev–Trinajstić information content (AvgIpc) is 2.32. The van der Waals surface area contributed by atoms with Crippen LogP contribution in [0.3, 0.4) is 0 Å². The second kappa shape index (κ2) is 6.05. The van der Waals surface area contributed by atoms with Crippen molar-refractivity contribution in [2.75, 3.05) is 13.6 Å². The first kappa shape index (κ1) is 14.0. The number of nitrogens with zero attached hydrogens (tertiary/aromatic N) is 3. The molecule has 0 amide bonds. The van der Waals surface area contributed by atoms with E-state index in [0.717, 1.165) is 23.4 Å². The third-order valence-electron chi connectivity index (χ3n) is 2.76. The molecular formula is C13H21N5. The monoisotopic (exact) mass is 247 g/mol. The number of guanidine groups is 2. The number of hydrogen-bond donors (Lipinski definition) is 2. The fourth-order valence-electron chi connectivity index (χ4n) is 1.49. The van der Waals surface area contributed by atoms with Gasteiger partial charge in [-0.3, -0.25) is 0 Å². The molecule has 0 aliphatic carbocycles. The highest BCUT2D eigenvalue weighted by Crippen LogP contribution is 2.22. The Bertz CT molecular complexity index is 456. The van der Waals surface area contributed by atoms with E-state index >= 15 is 0 Å². The van der Waals surface area contributed by atoms with E-state index in [-0.39, 0.29) is 5.96 Å². The van der Waals surface area contributed by atoms with Crippen molar-refractivity contribution >= 4 is 17.6 Å². The van der Waals surface area contributed by atoms with Crippen molar-refractivity contribution in [1.82, 2.24) is 4.90 Å². The Morgan fingerprint density at radius 3 is 2.28 bits per heavy atom. The summed E-state index contributed by atoms with van der Waals surface area (Å²) in [7, 11) is 1.85. The quantitative estimate of drug-likeness (QED) is 0.614. The van der Waals surface area contributed by atoms with Gasteiger partial charge in [0.15, 0.2) is 5.96 Å². The molecule has 98 valence electrons. The van der Waals surface area contributed by atoms with Crippen LogP contribution in [-0.4, -0.2) is 30.4 Å². The van der Waals surface area contributed by atoms with E-state index in [9.17, 15) is 0 Å². The topological polar surface area (TPSA) is 80.0 Å². The first-order valence-corrected chi connectivity index (χ1v) is 5.91. The molecule has 5 heteroatoms. The second-order valence-electron chi connectivity index (χ2n) is 4.19. The molecule has 0 saturated carbocycles. The predicted octanol–water partition coefficient (Wildman–Crippen LogP) is 1.52. The summed E-state index contributed by atoms with van der Waals surface area (Å²) in [5.74, 6) is 0.537. The zero-order chi connectivity index (χ0) is 13.7. The molecule has 0 aromatic heterocycles. The Morgan fingerprint density at radius 1 is 1.22 bits per heavy atom. The smallest absolute Gasteiger partial charge is 0.223 e. The molecule has 1 aromatic carbocycles. The molecule has 0 aliphatic heterocycles. The van der Waals surface area contributed by atoms with Gasteiger partial charge in [-0.05, 0) is 31.9 Å². The van der Waals surface area contributed by atoms with E-state index in [2.05, 4.69) is 9.98 Å². The van der Waals surface area contributed by atoms with Gasteiger partial charge in [-0.1, -0.05) is 18.2 Å². The lowest BCUT2D eigenvalue weighted by Gasteiger charge is -2.14. The number of aliphatic imine (C=N–C) groups is 2. The van der Waals surface area contributed by atoms with Crippen molar-refractivity contribution in [3.63, 3.8) is 0 Å². The van der Waals surface area contributed by atoms with E-state index in [0.29, 0.717) is 5.96 Å². The van der Waals surface area contributed by atoms with E-state index in [1.165, 1.54) is 0 Å². The van der Waals surface area contributed by atoms with Crippen LogP contribution in [0.15, 0.2) is 28.2 Å². The van der Waals surface area contributed by atoms with Crippen molar-refractivity contribution in [1.29, 1.82) is 0 Å². The molecule has 0 atom stereocenters. The number of para-hydroxylation sites is 1. The Labute approximate surface area is 108 Å². The van der Waals surface area contributed by atoms with Gasteiger partial charge in [0.05, 0.1) is 5.69 Å². The molecule has 0 aliphatic rings. The van der Waals surface area contributed by atoms with Gasteiger partial charge in [-0.15, -0.1) is 0 Å². The maximum atomic E-state index is 5.79. The number of aryl methyl sites for hydroxylation is 2. The first-order chi connectivity index (χ1) is 8.45. The van der Waals surface area contributed by atoms with Crippen LogP contribution in [-0.2, 0) is 0 Å². The van der Waals surface area contributed by atoms with Crippen LogP contribution in [0.2, 0.25) is 0 Å². The minimum Gasteiger partial charge on any atom is -0.369 e. The molecule has 5 nitrogen and oxygen atoms in total. The van der Waals surface area contributed by atoms with Gasteiger partial charge in [-0.2, -0.15) is 4.99 Å². The maximum Gasteiger partial charge on any atom is 0.223 e. The summed E-state index contributed by atoms with van der Waals surface area (Å²) < 4.78 is 0. The van der Waals surface area contributed by atoms with Gasteiger partial charge in [0.2, 0.25) is 5.96 Å². The summed E-state index contributed by atoms with van der Waals surface area (Å²) in [5.41, 5.74) is 14.5. The van der Waals surface area contributed by atoms with Crippen LogP contribution in [0.1, 0.15) is 18.1 Å². The van der Waals surface area contributed by atoms with E-state index in [1.807, 2.05) is 46.0 Å². The Kier molecular flexibility index (Phi) is 4.71. The molecule has 1 aromatic rings. The highest BCUT2D eigenvalue weighted by atomic mass is 15.2. The van der Waals surface area contributed by atoms with Gasteiger partial charge in [0.25, 0.3) is 0 Å². The summed E-state index contributed by atoms with van der Waals surface area (Å²) in [5, 5.41) is 0. The zero-order valence-electron chi connectivity index (χ0n) is 11.4. The number of nitrogens with two attached hydrogens (primary N) is 2. The van der Waals surface area contributed by atoms with Crippen molar-refractivity contribution in [3.05, 3.63) is 29.3 Å². The van der Waals surface area contributed by atoms with Gasteiger partial charge >= 0.3 is 0 Å². The lowest BCUT2D eigenvalue weighted by Crippen LogP contribution is -2.35. The standard InChI is InChI=1S/C13H21N5/c1-5-18(4)13(15)17-12(14)16-11-9(2)7-6-8-10(11)3/h6-8H,5H2,1-4H3,(H4,14,15,16,17). The molecule has 0 radical (unpaired) electrons. The van der Waals surface area contributed by atoms with Crippen molar-refractivity contribution in [3.8, 4) is 0 Å². The highest BCUT2D eigenvalue weighted by Gasteiger charge is 2.03. The van der Waals surface area contributed by atoms with E-state index < -0.39 is 0 Å². The Hall–Kier alpha value is -2.04. The number of rotatable bonds is 2. The van der Waals surface area contributed by atoms with Crippen LogP contribution < -0.4 is 11.5 Å². The van der Waals surface area contributed by atoms with Crippen LogP contribution in [0.5, 0.6) is 0 Å². The number of hydrogen-bond acceptors (Lipinski definition) is 1. The first-order valence-electron chi connectivity index (χ1n) is 5.91. The molecule has 1 rings (SSSR count). The lowest BCUT2D eigenvalue weighted by molar-refractivity contribution is 0.530.